The molecule has 0 aliphatic rings. The average molecular weight is 325 g/mol. The van der Waals surface area contributed by atoms with E-state index in [1.54, 1.807) is 19.2 Å². The molecule has 0 unspecified atom stereocenters. The maximum atomic E-state index is 12.7. The summed E-state index contributed by atoms with van der Waals surface area (Å²) in [4.78, 5) is 28.8. The highest BCUT2D eigenvalue weighted by Gasteiger charge is 2.20. The van der Waals surface area contributed by atoms with Crippen molar-refractivity contribution in [2.75, 3.05) is 7.11 Å². The Kier molecular flexibility index (Phi) is 2.92. The van der Waals surface area contributed by atoms with Gasteiger partial charge in [0.1, 0.15) is 18.2 Å². The SMILES string of the molecule is COC(=O)c1c(C)nn2c1ncc1c(=O)n(-n3cnnc3)ccc12. The van der Waals surface area contributed by atoms with Gasteiger partial charge in [-0.3, -0.25) is 4.79 Å². The number of rotatable bonds is 2. The van der Waals surface area contributed by atoms with Gasteiger partial charge in [0.05, 0.1) is 23.7 Å². The Morgan fingerprint density at radius 3 is 2.71 bits per heavy atom. The molecule has 0 saturated heterocycles. The predicted molar refractivity (Wildman–Crippen MR) is 81.6 cm³/mol. The fraction of sp³-hybridized carbons (Fsp3) is 0.143. The molecule has 120 valence electrons. The number of carbonyl (C=O) groups excluding carboxylic acids is 1. The number of aromatic nitrogens is 7. The minimum atomic E-state index is -0.521. The minimum Gasteiger partial charge on any atom is -0.465 e. The van der Waals surface area contributed by atoms with Gasteiger partial charge in [-0.2, -0.15) is 5.10 Å². The summed E-state index contributed by atoms with van der Waals surface area (Å²) >= 11 is 0. The lowest BCUT2D eigenvalue weighted by Gasteiger charge is -2.07. The fourth-order valence-corrected chi connectivity index (χ4v) is 2.60. The lowest BCUT2D eigenvalue weighted by molar-refractivity contribution is 0.0602. The molecule has 0 aromatic carbocycles. The first kappa shape index (κ1) is 14.1. The van der Waals surface area contributed by atoms with Gasteiger partial charge in [0.25, 0.3) is 5.56 Å². The predicted octanol–water partition coefficient (Wildman–Crippen LogP) is 0.0421. The molecule has 0 fully saturated rings. The topological polar surface area (TPSA) is 109 Å². The van der Waals surface area contributed by atoms with Crippen molar-refractivity contribution < 1.29 is 9.53 Å². The highest BCUT2D eigenvalue weighted by Crippen LogP contribution is 2.18. The molecule has 0 bridgehead atoms. The van der Waals surface area contributed by atoms with E-state index in [2.05, 4.69) is 20.3 Å². The van der Waals surface area contributed by atoms with Gasteiger partial charge in [-0.25, -0.2) is 23.6 Å². The van der Waals surface area contributed by atoms with Crippen molar-refractivity contribution in [2.24, 2.45) is 0 Å². The number of hydrogen-bond donors (Lipinski definition) is 0. The first-order chi connectivity index (χ1) is 11.6. The Labute approximate surface area is 133 Å². The van der Waals surface area contributed by atoms with E-state index in [0.29, 0.717) is 22.2 Å². The summed E-state index contributed by atoms with van der Waals surface area (Å²) in [6, 6.07) is 1.71. The van der Waals surface area contributed by atoms with Gasteiger partial charge >= 0.3 is 5.97 Å². The van der Waals surface area contributed by atoms with Crippen LogP contribution in [0, 0.1) is 6.92 Å². The van der Waals surface area contributed by atoms with Crippen LogP contribution in [0.3, 0.4) is 0 Å². The summed E-state index contributed by atoms with van der Waals surface area (Å²) in [5, 5.41) is 12.0. The summed E-state index contributed by atoms with van der Waals surface area (Å²) in [6.07, 6.45) is 5.81. The Bertz CT molecular complexity index is 1140. The van der Waals surface area contributed by atoms with E-state index in [9.17, 15) is 9.59 Å². The fourth-order valence-electron chi connectivity index (χ4n) is 2.60. The summed E-state index contributed by atoms with van der Waals surface area (Å²) in [7, 11) is 1.30. The zero-order valence-corrected chi connectivity index (χ0v) is 12.7. The van der Waals surface area contributed by atoms with Crippen molar-refractivity contribution in [3.63, 3.8) is 0 Å². The van der Waals surface area contributed by atoms with Crippen molar-refractivity contribution in [3.8, 4) is 0 Å². The second kappa shape index (κ2) is 4.98. The monoisotopic (exact) mass is 325 g/mol. The van der Waals surface area contributed by atoms with Crippen LogP contribution in [0.2, 0.25) is 0 Å². The zero-order chi connectivity index (χ0) is 16.8. The summed E-state index contributed by atoms with van der Waals surface area (Å²) < 4.78 is 9.02. The molecule has 0 saturated carbocycles. The largest absolute Gasteiger partial charge is 0.465 e. The molecule has 0 radical (unpaired) electrons. The van der Waals surface area contributed by atoms with Crippen molar-refractivity contribution in [1.82, 2.24) is 34.1 Å². The van der Waals surface area contributed by atoms with Crippen LogP contribution in [0.1, 0.15) is 16.1 Å². The van der Waals surface area contributed by atoms with Crippen LogP contribution in [0.5, 0.6) is 0 Å². The third kappa shape index (κ3) is 1.82. The number of nitrogens with zero attached hydrogens (tertiary/aromatic N) is 7. The molecule has 4 heterocycles. The van der Waals surface area contributed by atoms with E-state index in [1.807, 2.05) is 0 Å². The van der Waals surface area contributed by atoms with E-state index in [0.717, 1.165) is 0 Å². The van der Waals surface area contributed by atoms with Crippen LogP contribution in [0.15, 0.2) is 35.9 Å². The number of ether oxygens (including phenoxy) is 1. The molecule has 0 atom stereocenters. The van der Waals surface area contributed by atoms with E-state index in [4.69, 9.17) is 4.74 Å². The lowest BCUT2D eigenvalue weighted by atomic mass is 10.2. The van der Waals surface area contributed by atoms with Gasteiger partial charge < -0.3 is 4.74 Å². The van der Waals surface area contributed by atoms with Crippen LogP contribution < -0.4 is 5.56 Å². The molecule has 0 aliphatic heterocycles. The second-order valence-electron chi connectivity index (χ2n) is 5.05. The third-order valence-electron chi connectivity index (χ3n) is 3.71. The van der Waals surface area contributed by atoms with E-state index < -0.39 is 5.97 Å². The Balaban J connectivity index is 2.05. The first-order valence-electron chi connectivity index (χ1n) is 6.95. The lowest BCUT2D eigenvalue weighted by Crippen LogP contribution is -2.25. The molecule has 4 aromatic heterocycles. The normalized spacial score (nSPS) is 11.2. The summed E-state index contributed by atoms with van der Waals surface area (Å²) in [5.41, 5.74) is 1.32. The number of carbonyl (C=O) groups is 1. The van der Waals surface area contributed by atoms with E-state index >= 15 is 0 Å². The summed E-state index contributed by atoms with van der Waals surface area (Å²) in [6.45, 7) is 1.69. The number of esters is 1. The number of aryl methyl sites for hydroxylation is 1. The maximum absolute atomic E-state index is 12.7. The van der Waals surface area contributed by atoms with Crippen LogP contribution in [-0.2, 0) is 4.74 Å². The minimum absolute atomic E-state index is 0.280. The van der Waals surface area contributed by atoms with Gasteiger partial charge in [0, 0.05) is 12.4 Å². The zero-order valence-electron chi connectivity index (χ0n) is 12.7. The van der Waals surface area contributed by atoms with Crippen LogP contribution >= 0.6 is 0 Å². The van der Waals surface area contributed by atoms with Crippen molar-refractivity contribution in [1.29, 1.82) is 0 Å². The third-order valence-corrected chi connectivity index (χ3v) is 3.71. The van der Waals surface area contributed by atoms with Gasteiger partial charge in [-0.05, 0) is 13.0 Å². The van der Waals surface area contributed by atoms with Gasteiger partial charge in [0.15, 0.2) is 5.65 Å². The molecule has 10 nitrogen and oxygen atoms in total. The quantitative estimate of drug-likeness (QED) is 0.479. The van der Waals surface area contributed by atoms with Gasteiger partial charge in [0.2, 0.25) is 0 Å². The van der Waals surface area contributed by atoms with Gasteiger partial charge in [-0.15, -0.1) is 10.2 Å². The summed E-state index contributed by atoms with van der Waals surface area (Å²) in [5.74, 6) is -0.521. The molecule has 4 aromatic rings. The average Bonchev–Trinajstić information content (AvgIpc) is 3.21. The van der Waals surface area contributed by atoms with Crippen molar-refractivity contribution >= 4 is 22.5 Å². The number of pyridine rings is 1. The smallest absolute Gasteiger partial charge is 0.343 e. The molecular formula is C14H11N7O3. The maximum Gasteiger partial charge on any atom is 0.343 e. The molecule has 10 heteroatoms. The molecule has 0 N–H and O–H groups in total. The highest BCUT2D eigenvalue weighted by atomic mass is 16.5. The Morgan fingerprint density at radius 1 is 1.25 bits per heavy atom. The van der Waals surface area contributed by atoms with Crippen LogP contribution in [-0.4, -0.2) is 47.2 Å². The first-order valence-corrected chi connectivity index (χ1v) is 6.95. The number of fused-ring (bicyclic) bond motifs is 3. The standard InChI is InChI=1S/C14H11N7O3/c1-8-11(14(23)24-2)12-15-5-9-10(21(12)18-8)3-4-20(13(9)22)19-6-16-17-7-19/h3-7H,1-2H3. The Hall–Kier alpha value is -3.56. The van der Waals surface area contributed by atoms with Crippen molar-refractivity contribution in [3.05, 3.63) is 52.7 Å². The molecule has 4 rings (SSSR count). The van der Waals surface area contributed by atoms with Crippen molar-refractivity contribution in [2.45, 2.75) is 6.92 Å². The van der Waals surface area contributed by atoms with Crippen LogP contribution in [0.25, 0.3) is 16.6 Å². The van der Waals surface area contributed by atoms with E-state index in [1.165, 1.54) is 39.8 Å². The highest BCUT2D eigenvalue weighted by molar-refractivity contribution is 5.98. The van der Waals surface area contributed by atoms with Crippen LogP contribution in [0.4, 0.5) is 0 Å². The molecule has 0 aliphatic carbocycles. The molecule has 0 amide bonds. The van der Waals surface area contributed by atoms with E-state index in [-0.39, 0.29) is 11.1 Å². The Morgan fingerprint density at radius 2 is 2.00 bits per heavy atom. The number of methoxy groups -OCH3 is 1. The molecule has 24 heavy (non-hydrogen) atoms. The second-order valence-corrected chi connectivity index (χ2v) is 5.05. The molecular weight excluding hydrogens is 314 g/mol. The molecule has 0 spiro atoms. The van der Waals surface area contributed by atoms with Gasteiger partial charge in [-0.1, -0.05) is 0 Å². The number of hydrogen-bond acceptors (Lipinski definition) is 7.